The molecule has 2 heteroatoms. The van der Waals surface area contributed by atoms with E-state index in [1.807, 2.05) is 48.5 Å². The smallest absolute Gasteiger partial charge is 0.119 e. The SMILES string of the molecule is Oc1ccccc1CCOc1ccccc1. The van der Waals surface area contributed by atoms with Crippen LogP contribution in [0.15, 0.2) is 54.6 Å². The zero-order valence-electron chi connectivity index (χ0n) is 8.97. The van der Waals surface area contributed by atoms with Gasteiger partial charge in [-0.3, -0.25) is 0 Å². The molecule has 82 valence electrons. The number of ether oxygens (including phenoxy) is 1. The average Bonchev–Trinajstić information content (AvgIpc) is 2.33. The molecule has 0 saturated carbocycles. The van der Waals surface area contributed by atoms with Gasteiger partial charge in [0.1, 0.15) is 11.5 Å². The molecule has 1 N–H and O–H groups in total. The molecule has 0 spiro atoms. The number of para-hydroxylation sites is 2. The van der Waals surface area contributed by atoms with E-state index in [0.29, 0.717) is 18.8 Å². The molecule has 0 aliphatic heterocycles. The van der Waals surface area contributed by atoms with E-state index in [9.17, 15) is 5.11 Å². The topological polar surface area (TPSA) is 29.5 Å². The first-order valence-electron chi connectivity index (χ1n) is 5.31. The van der Waals surface area contributed by atoms with Gasteiger partial charge in [-0.1, -0.05) is 36.4 Å². The monoisotopic (exact) mass is 214 g/mol. The van der Waals surface area contributed by atoms with Gasteiger partial charge in [0.2, 0.25) is 0 Å². The Bertz CT molecular complexity index is 437. The molecule has 0 atom stereocenters. The highest BCUT2D eigenvalue weighted by Crippen LogP contribution is 2.16. The molecule has 2 nitrogen and oxygen atoms in total. The number of rotatable bonds is 4. The standard InChI is InChI=1S/C14H14O2/c15-14-9-5-4-6-12(14)10-11-16-13-7-2-1-3-8-13/h1-9,15H,10-11H2. The van der Waals surface area contributed by atoms with Crippen LogP contribution in [0.3, 0.4) is 0 Å². The number of hydrogen-bond acceptors (Lipinski definition) is 2. The third kappa shape index (κ3) is 2.76. The Balaban J connectivity index is 1.87. The lowest BCUT2D eigenvalue weighted by atomic mass is 10.1. The van der Waals surface area contributed by atoms with Gasteiger partial charge in [0.05, 0.1) is 6.61 Å². The third-order valence-electron chi connectivity index (χ3n) is 2.37. The summed E-state index contributed by atoms with van der Waals surface area (Å²) in [5.74, 6) is 1.19. The lowest BCUT2D eigenvalue weighted by Crippen LogP contribution is -2.01. The molecule has 0 heterocycles. The van der Waals surface area contributed by atoms with Crippen LogP contribution in [0.4, 0.5) is 0 Å². The molecule has 2 rings (SSSR count). The first-order chi connectivity index (χ1) is 7.86. The largest absolute Gasteiger partial charge is 0.508 e. The Morgan fingerprint density at radius 3 is 2.31 bits per heavy atom. The molecule has 0 fully saturated rings. The summed E-state index contributed by atoms with van der Waals surface area (Å²) in [4.78, 5) is 0. The van der Waals surface area contributed by atoms with Crippen molar-refractivity contribution in [1.29, 1.82) is 0 Å². The van der Waals surface area contributed by atoms with E-state index in [1.54, 1.807) is 6.07 Å². The zero-order valence-corrected chi connectivity index (χ0v) is 8.97. The van der Waals surface area contributed by atoms with E-state index in [4.69, 9.17) is 4.74 Å². The van der Waals surface area contributed by atoms with Crippen LogP contribution in [0, 0.1) is 0 Å². The van der Waals surface area contributed by atoms with Crippen molar-refractivity contribution < 1.29 is 9.84 Å². The maximum atomic E-state index is 9.55. The molecule has 0 aliphatic rings. The molecule has 16 heavy (non-hydrogen) atoms. The van der Waals surface area contributed by atoms with Gasteiger partial charge >= 0.3 is 0 Å². The van der Waals surface area contributed by atoms with Gasteiger partial charge in [0.25, 0.3) is 0 Å². The summed E-state index contributed by atoms with van der Waals surface area (Å²) in [6.07, 6.45) is 0.710. The third-order valence-corrected chi connectivity index (χ3v) is 2.37. The van der Waals surface area contributed by atoms with Gasteiger partial charge in [0.15, 0.2) is 0 Å². The minimum Gasteiger partial charge on any atom is -0.508 e. The van der Waals surface area contributed by atoms with Crippen LogP contribution in [0.1, 0.15) is 5.56 Å². The van der Waals surface area contributed by atoms with Gasteiger partial charge < -0.3 is 9.84 Å². The summed E-state index contributed by atoms with van der Waals surface area (Å²) >= 11 is 0. The second-order valence-corrected chi connectivity index (χ2v) is 3.54. The summed E-state index contributed by atoms with van der Waals surface area (Å²) in [5.41, 5.74) is 0.915. The Labute approximate surface area is 95.1 Å². The van der Waals surface area contributed by atoms with Crippen LogP contribution < -0.4 is 4.74 Å². The lowest BCUT2D eigenvalue weighted by molar-refractivity contribution is 0.319. The number of hydrogen-bond donors (Lipinski definition) is 1. The van der Waals surface area contributed by atoms with Crippen molar-refractivity contribution in [3.63, 3.8) is 0 Å². The van der Waals surface area contributed by atoms with Gasteiger partial charge in [-0.2, -0.15) is 0 Å². The highest BCUT2D eigenvalue weighted by atomic mass is 16.5. The van der Waals surface area contributed by atoms with Crippen LogP contribution >= 0.6 is 0 Å². The van der Waals surface area contributed by atoms with E-state index >= 15 is 0 Å². The summed E-state index contributed by atoms with van der Waals surface area (Å²) in [6.45, 7) is 0.571. The van der Waals surface area contributed by atoms with Crippen LogP contribution in [0.25, 0.3) is 0 Å². The van der Waals surface area contributed by atoms with E-state index in [-0.39, 0.29) is 0 Å². The van der Waals surface area contributed by atoms with Crippen molar-refractivity contribution in [3.8, 4) is 11.5 Å². The molecule has 2 aromatic rings. The van der Waals surface area contributed by atoms with Gasteiger partial charge in [0, 0.05) is 6.42 Å². The van der Waals surface area contributed by atoms with Crippen molar-refractivity contribution in [3.05, 3.63) is 60.2 Å². The van der Waals surface area contributed by atoms with Crippen molar-refractivity contribution in [2.45, 2.75) is 6.42 Å². The Morgan fingerprint density at radius 1 is 0.875 bits per heavy atom. The molecule has 2 aromatic carbocycles. The maximum absolute atomic E-state index is 9.55. The van der Waals surface area contributed by atoms with Gasteiger partial charge in [-0.05, 0) is 23.8 Å². The predicted molar refractivity (Wildman–Crippen MR) is 63.7 cm³/mol. The van der Waals surface area contributed by atoms with E-state index in [0.717, 1.165) is 11.3 Å². The minimum absolute atomic E-state index is 0.333. The number of aromatic hydroxyl groups is 1. The van der Waals surface area contributed by atoms with Gasteiger partial charge in [-0.25, -0.2) is 0 Å². The van der Waals surface area contributed by atoms with Crippen molar-refractivity contribution in [2.24, 2.45) is 0 Å². The van der Waals surface area contributed by atoms with Crippen molar-refractivity contribution in [1.82, 2.24) is 0 Å². The summed E-state index contributed by atoms with van der Waals surface area (Å²) in [5, 5.41) is 9.55. The fourth-order valence-electron chi connectivity index (χ4n) is 1.52. The molecule has 0 bridgehead atoms. The highest BCUT2D eigenvalue weighted by Gasteiger charge is 1.99. The lowest BCUT2D eigenvalue weighted by Gasteiger charge is -2.06. The molecular weight excluding hydrogens is 200 g/mol. The summed E-state index contributed by atoms with van der Waals surface area (Å²) in [6, 6.07) is 17.0. The molecular formula is C14H14O2. The Hall–Kier alpha value is -1.96. The quantitative estimate of drug-likeness (QED) is 0.847. The van der Waals surface area contributed by atoms with Crippen LogP contribution in [0.2, 0.25) is 0 Å². The molecule has 0 aromatic heterocycles. The summed E-state index contributed by atoms with van der Waals surface area (Å²) < 4.78 is 5.55. The zero-order chi connectivity index (χ0) is 11.2. The first kappa shape index (κ1) is 10.6. The maximum Gasteiger partial charge on any atom is 0.119 e. The molecule has 0 radical (unpaired) electrons. The molecule has 0 saturated heterocycles. The van der Waals surface area contributed by atoms with Crippen molar-refractivity contribution in [2.75, 3.05) is 6.61 Å². The van der Waals surface area contributed by atoms with Gasteiger partial charge in [-0.15, -0.1) is 0 Å². The van der Waals surface area contributed by atoms with Crippen molar-refractivity contribution >= 4 is 0 Å². The fourth-order valence-corrected chi connectivity index (χ4v) is 1.52. The highest BCUT2D eigenvalue weighted by molar-refractivity contribution is 5.32. The number of phenols is 1. The predicted octanol–water partition coefficient (Wildman–Crippen LogP) is 3.01. The minimum atomic E-state index is 0.333. The van der Waals surface area contributed by atoms with E-state index < -0.39 is 0 Å². The molecule has 0 unspecified atom stereocenters. The van der Waals surface area contributed by atoms with Crippen LogP contribution in [-0.2, 0) is 6.42 Å². The average molecular weight is 214 g/mol. The fraction of sp³-hybridized carbons (Fsp3) is 0.143. The normalized spacial score (nSPS) is 10.0. The first-order valence-corrected chi connectivity index (χ1v) is 5.31. The van der Waals surface area contributed by atoms with Crippen LogP contribution in [-0.4, -0.2) is 11.7 Å². The van der Waals surface area contributed by atoms with E-state index in [2.05, 4.69) is 0 Å². The van der Waals surface area contributed by atoms with Crippen LogP contribution in [0.5, 0.6) is 11.5 Å². The number of phenolic OH excluding ortho intramolecular Hbond substituents is 1. The van der Waals surface area contributed by atoms with E-state index in [1.165, 1.54) is 0 Å². The molecule has 0 aliphatic carbocycles. The second-order valence-electron chi connectivity index (χ2n) is 3.54. The second kappa shape index (κ2) is 5.21. The summed E-state index contributed by atoms with van der Waals surface area (Å²) in [7, 11) is 0. The Morgan fingerprint density at radius 2 is 1.56 bits per heavy atom. The Kier molecular flexibility index (Phi) is 3.44. The molecule has 0 amide bonds. The number of benzene rings is 2.